The second-order valence-corrected chi connectivity index (χ2v) is 9.97. The number of rotatable bonds is 9. The summed E-state index contributed by atoms with van der Waals surface area (Å²) in [4.78, 5) is 71.7. The number of nitrogens with zero attached hydrogens (tertiary/aromatic N) is 3. The van der Waals surface area contributed by atoms with Crippen LogP contribution in [0.1, 0.15) is 84.5 Å². The molecule has 0 aliphatic rings. The third-order valence-corrected chi connectivity index (χ3v) is 6.57. The van der Waals surface area contributed by atoms with E-state index in [9.17, 15) is 24.0 Å². The van der Waals surface area contributed by atoms with E-state index in [2.05, 4.69) is 9.97 Å². The minimum absolute atomic E-state index is 0.00300. The molecule has 0 aliphatic heterocycles. The molecule has 4 aromatic rings. The van der Waals surface area contributed by atoms with Crippen molar-refractivity contribution in [2.45, 2.75) is 33.2 Å². The quantitative estimate of drug-likeness (QED) is 0.233. The number of primary amides is 1. The fourth-order valence-corrected chi connectivity index (χ4v) is 4.74. The molecule has 0 saturated heterocycles. The maximum atomic E-state index is 14.0. The Balaban J connectivity index is 1.85. The molecule has 2 aromatic carbocycles. The number of aromatic amines is 1. The first-order valence-electron chi connectivity index (χ1n) is 13.0. The summed E-state index contributed by atoms with van der Waals surface area (Å²) >= 11 is 0. The molecular formula is C32H27N5O5. The molecule has 210 valence electrons. The first kappa shape index (κ1) is 29.3. The van der Waals surface area contributed by atoms with E-state index >= 15 is 0 Å². The second-order valence-electron chi connectivity index (χ2n) is 9.97. The van der Waals surface area contributed by atoms with Crippen molar-refractivity contribution in [3.05, 3.63) is 138 Å². The lowest BCUT2D eigenvalue weighted by atomic mass is 9.95. The number of carbonyl (C=O) groups is 3. The summed E-state index contributed by atoms with van der Waals surface area (Å²) in [7, 11) is 0. The third kappa shape index (κ3) is 6.05. The van der Waals surface area contributed by atoms with Crippen LogP contribution in [0.25, 0.3) is 6.08 Å². The van der Waals surface area contributed by atoms with Gasteiger partial charge in [-0.05, 0) is 65.9 Å². The van der Waals surface area contributed by atoms with E-state index in [1.807, 2.05) is 6.07 Å². The zero-order valence-corrected chi connectivity index (χ0v) is 23.2. The average molecular weight is 562 g/mol. The number of allylic oxidation sites excluding steroid dienone is 1. The molecule has 4 rings (SSSR count). The smallest absolute Gasteiger partial charge is 0.329 e. The lowest BCUT2D eigenvalue weighted by Gasteiger charge is -2.18. The number of nitrogens with two attached hydrogens (primary N) is 1. The number of aryl methyl sites for hydroxylation is 1. The van der Waals surface area contributed by atoms with Crippen LogP contribution < -0.4 is 17.0 Å². The molecule has 3 N–H and O–H groups in total. The Hall–Kier alpha value is -5.69. The number of hydrogen-bond donors (Lipinski definition) is 2. The molecule has 0 fully saturated rings. The highest BCUT2D eigenvalue weighted by atomic mass is 16.2. The van der Waals surface area contributed by atoms with Gasteiger partial charge in [0, 0.05) is 29.0 Å². The van der Waals surface area contributed by atoms with Crippen molar-refractivity contribution in [2.75, 3.05) is 0 Å². The molecule has 0 atom stereocenters. The van der Waals surface area contributed by atoms with Crippen LogP contribution in [-0.2, 0) is 6.54 Å². The first-order chi connectivity index (χ1) is 20.0. The Morgan fingerprint density at radius 1 is 1.05 bits per heavy atom. The van der Waals surface area contributed by atoms with Crippen molar-refractivity contribution >= 4 is 23.5 Å². The van der Waals surface area contributed by atoms with Crippen molar-refractivity contribution in [1.82, 2.24) is 14.5 Å². The highest BCUT2D eigenvalue weighted by Crippen LogP contribution is 2.22. The van der Waals surface area contributed by atoms with Gasteiger partial charge in [0.15, 0.2) is 0 Å². The van der Waals surface area contributed by atoms with E-state index < -0.39 is 34.6 Å². The lowest BCUT2D eigenvalue weighted by Crippen LogP contribution is -2.38. The van der Waals surface area contributed by atoms with Crippen molar-refractivity contribution in [2.24, 2.45) is 5.73 Å². The minimum Gasteiger partial charge on any atom is -0.366 e. The molecule has 0 saturated carbocycles. The standard InChI is InChI=1S/C32H27N5O5/c1-18(2)26-27(28(38)22-14-19(3)13-20(15-22)7-6-11-33)37(32(42)36-31(26)41)17-21-10-12-35-25(16-21)29(39)23-8-4-5-9-24(23)30(34)40/h4-10,12-16,18H,17H2,1-3H3,(H2,34,40)(H,36,41,42). The van der Waals surface area contributed by atoms with Crippen LogP contribution in [0.3, 0.4) is 0 Å². The van der Waals surface area contributed by atoms with E-state index in [1.165, 1.54) is 35.0 Å². The van der Waals surface area contributed by atoms with Gasteiger partial charge in [0.25, 0.3) is 5.56 Å². The average Bonchev–Trinajstić information content (AvgIpc) is 2.96. The van der Waals surface area contributed by atoms with Gasteiger partial charge in [-0.3, -0.25) is 33.7 Å². The number of H-pyrrole nitrogens is 1. The van der Waals surface area contributed by atoms with Gasteiger partial charge >= 0.3 is 5.69 Å². The van der Waals surface area contributed by atoms with Crippen LogP contribution in [0.2, 0.25) is 0 Å². The number of ketones is 2. The van der Waals surface area contributed by atoms with Crippen molar-refractivity contribution < 1.29 is 14.4 Å². The van der Waals surface area contributed by atoms with Gasteiger partial charge in [0.05, 0.1) is 18.2 Å². The van der Waals surface area contributed by atoms with Crippen LogP contribution in [0, 0.1) is 18.3 Å². The maximum Gasteiger partial charge on any atom is 0.329 e. The molecule has 0 aliphatic carbocycles. The normalized spacial score (nSPS) is 11.0. The van der Waals surface area contributed by atoms with E-state index in [0.717, 1.165) is 5.56 Å². The summed E-state index contributed by atoms with van der Waals surface area (Å²) in [5.74, 6) is -2.27. The Morgan fingerprint density at radius 2 is 1.76 bits per heavy atom. The van der Waals surface area contributed by atoms with Gasteiger partial charge in [-0.1, -0.05) is 38.1 Å². The fourth-order valence-electron chi connectivity index (χ4n) is 4.74. The van der Waals surface area contributed by atoms with Crippen LogP contribution in [0.4, 0.5) is 0 Å². The molecule has 42 heavy (non-hydrogen) atoms. The number of nitriles is 1. The summed E-state index contributed by atoms with van der Waals surface area (Å²) in [5.41, 5.74) is 6.20. The summed E-state index contributed by atoms with van der Waals surface area (Å²) in [6.45, 7) is 5.12. The summed E-state index contributed by atoms with van der Waals surface area (Å²) in [6, 6.07) is 16.1. The molecule has 0 radical (unpaired) electrons. The predicted octanol–water partition coefficient (Wildman–Crippen LogP) is 3.51. The molecule has 0 bridgehead atoms. The number of pyridine rings is 1. The van der Waals surface area contributed by atoms with E-state index in [1.54, 1.807) is 63.2 Å². The molecular weight excluding hydrogens is 534 g/mol. The number of hydrogen-bond acceptors (Lipinski definition) is 7. The van der Waals surface area contributed by atoms with Gasteiger partial charge < -0.3 is 5.73 Å². The Morgan fingerprint density at radius 3 is 2.43 bits per heavy atom. The van der Waals surface area contributed by atoms with Gasteiger partial charge in [-0.25, -0.2) is 4.79 Å². The minimum atomic E-state index is -0.797. The molecule has 10 heteroatoms. The van der Waals surface area contributed by atoms with Gasteiger partial charge in [-0.15, -0.1) is 0 Å². The zero-order valence-electron chi connectivity index (χ0n) is 23.2. The Kier molecular flexibility index (Phi) is 8.53. The van der Waals surface area contributed by atoms with E-state index in [4.69, 9.17) is 11.0 Å². The number of nitrogens with one attached hydrogen (secondary N) is 1. The molecule has 0 spiro atoms. The maximum absolute atomic E-state index is 14.0. The van der Waals surface area contributed by atoms with Crippen LogP contribution in [0.5, 0.6) is 0 Å². The summed E-state index contributed by atoms with van der Waals surface area (Å²) < 4.78 is 1.17. The summed E-state index contributed by atoms with van der Waals surface area (Å²) in [6.07, 6.45) is 4.23. The topological polar surface area (TPSA) is 169 Å². The van der Waals surface area contributed by atoms with Crippen molar-refractivity contribution in [1.29, 1.82) is 5.26 Å². The monoisotopic (exact) mass is 561 g/mol. The second kappa shape index (κ2) is 12.2. The highest BCUT2D eigenvalue weighted by Gasteiger charge is 2.25. The van der Waals surface area contributed by atoms with Crippen LogP contribution in [0.15, 0.2) is 76.5 Å². The first-order valence-corrected chi connectivity index (χ1v) is 13.0. The van der Waals surface area contributed by atoms with E-state index in [-0.39, 0.29) is 40.2 Å². The lowest BCUT2D eigenvalue weighted by molar-refractivity contribution is 0.0979. The predicted molar refractivity (Wildman–Crippen MR) is 156 cm³/mol. The third-order valence-electron chi connectivity index (χ3n) is 6.57. The van der Waals surface area contributed by atoms with Crippen LogP contribution >= 0.6 is 0 Å². The Bertz CT molecular complexity index is 1920. The van der Waals surface area contributed by atoms with Crippen molar-refractivity contribution in [3.8, 4) is 6.07 Å². The largest absolute Gasteiger partial charge is 0.366 e. The van der Waals surface area contributed by atoms with E-state index in [0.29, 0.717) is 11.1 Å². The molecule has 0 unspecified atom stereocenters. The fraction of sp³-hybridized carbons (Fsp3) is 0.156. The van der Waals surface area contributed by atoms with Crippen LogP contribution in [-0.4, -0.2) is 32.0 Å². The number of amides is 1. The van der Waals surface area contributed by atoms with Crippen molar-refractivity contribution in [3.63, 3.8) is 0 Å². The highest BCUT2D eigenvalue weighted by molar-refractivity contribution is 6.14. The molecule has 1 amide bonds. The summed E-state index contributed by atoms with van der Waals surface area (Å²) in [5, 5.41) is 8.92. The van der Waals surface area contributed by atoms with Gasteiger partial charge in [0.2, 0.25) is 17.5 Å². The van der Waals surface area contributed by atoms with Gasteiger partial charge in [0.1, 0.15) is 11.4 Å². The van der Waals surface area contributed by atoms with Gasteiger partial charge in [-0.2, -0.15) is 5.26 Å². The molecule has 2 aromatic heterocycles. The Labute approximate surface area is 240 Å². The number of carbonyl (C=O) groups excluding carboxylic acids is 3. The molecule has 10 nitrogen and oxygen atoms in total. The number of benzene rings is 2. The number of aromatic nitrogens is 3. The SMILES string of the molecule is Cc1cc(C=CC#N)cc(C(=O)c2c(C(C)C)c(=O)[nH]c(=O)n2Cc2ccnc(C(=O)c3ccccc3C(N)=O)c2)c1. The molecule has 2 heterocycles. The zero-order chi connectivity index (χ0) is 30.6.